The van der Waals surface area contributed by atoms with E-state index in [-0.39, 0.29) is 12.5 Å². The minimum atomic E-state index is -0.0740. The molecule has 6 heteroatoms. The van der Waals surface area contributed by atoms with Crippen LogP contribution in [0, 0.1) is 13.8 Å². The molecule has 0 aliphatic carbocycles. The summed E-state index contributed by atoms with van der Waals surface area (Å²) in [6.07, 6.45) is 0.873. The summed E-state index contributed by atoms with van der Waals surface area (Å²) >= 11 is 1.56. The van der Waals surface area contributed by atoms with Gasteiger partial charge in [-0.05, 0) is 76.3 Å². The van der Waals surface area contributed by atoms with Gasteiger partial charge in [-0.15, -0.1) is 0 Å². The minimum Gasteiger partial charge on any atom is -0.484 e. The van der Waals surface area contributed by atoms with Crippen molar-refractivity contribution >= 4 is 32.6 Å². The number of aromatic nitrogens is 1. The van der Waals surface area contributed by atoms with Crippen LogP contribution in [0.3, 0.4) is 0 Å². The molecule has 148 valence electrons. The van der Waals surface area contributed by atoms with Crippen LogP contribution >= 0.6 is 11.3 Å². The fraction of sp³-hybridized carbons (Fsp3) is 0.364. The van der Waals surface area contributed by atoms with Crippen LogP contribution in [-0.2, 0) is 4.79 Å². The van der Waals surface area contributed by atoms with E-state index in [0.29, 0.717) is 12.3 Å². The lowest BCUT2D eigenvalue weighted by molar-refractivity contribution is -0.120. The van der Waals surface area contributed by atoms with Gasteiger partial charge in [0.25, 0.3) is 5.91 Å². The average molecular weight is 398 g/mol. The zero-order valence-corrected chi connectivity index (χ0v) is 17.8. The van der Waals surface area contributed by atoms with E-state index >= 15 is 0 Å². The number of para-hydroxylation sites is 1. The highest BCUT2D eigenvalue weighted by Crippen LogP contribution is 2.31. The summed E-state index contributed by atoms with van der Waals surface area (Å²) in [5.74, 6) is 0.620. The number of anilines is 1. The molecule has 0 aliphatic rings. The van der Waals surface area contributed by atoms with E-state index in [1.807, 2.05) is 44.4 Å². The molecule has 0 atom stereocenters. The number of aryl methyl sites for hydroxylation is 2. The number of amides is 1. The third kappa shape index (κ3) is 5.09. The molecule has 0 bridgehead atoms. The maximum atomic E-state index is 13.0. The van der Waals surface area contributed by atoms with E-state index in [1.54, 1.807) is 16.2 Å². The second kappa shape index (κ2) is 9.17. The molecule has 28 heavy (non-hydrogen) atoms. The highest BCUT2D eigenvalue weighted by atomic mass is 32.1. The van der Waals surface area contributed by atoms with Crippen LogP contribution in [0.5, 0.6) is 5.75 Å². The second-order valence-electron chi connectivity index (χ2n) is 7.20. The van der Waals surface area contributed by atoms with E-state index < -0.39 is 0 Å². The Kier molecular flexibility index (Phi) is 6.65. The molecule has 5 nitrogen and oxygen atoms in total. The zero-order chi connectivity index (χ0) is 20.1. The Morgan fingerprint density at radius 1 is 1.07 bits per heavy atom. The predicted octanol–water partition coefficient (Wildman–Crippen LogP) is 4.28. The Balaban J connectivity index is 1.80. The quantitative estimate of drug-likeness (QED) is 0.569. The van der Waals surface area contributed by atoms with E-state index in [0.717, 1.165) is 28.3 Å². The number of fused-ring (bicyclic) bond motifs is 1. The number of thiazole rings is 1. The lowest BCUT2D eigenvalue weighted by atomic mass is 10.1. The number of hydrogen-bond donors (Lipinski definition) is 0. The molecule has 0 unspecified atom stereocenters. The van der Waals surface area contributed by atoms with E-state index in [1.165, 1.54) is 11.1 Å². The fourth-order valence-electron chi connectivity index (χ4n) is 2.90. The smallest absolute Gasteiger partial charge is 0.266 e. The molecule has 0 aliphatic heterocycles. The highest BCUT2D eigenvalue weighted by molar-refractivity contribution is 7.22. The van der Waals surface area contributed by atoms with Crippen molar-refractivity contribution in [2.24, 2.45) is 0 Å². The van der Waals surface area contributed by atoms with Gasteiger partial charge in [0.1, 0.15) is 5.75 Å². The number of hydrogen-bond acceptors (Lipinski definition) is 5. The summed E-state index contributed by atoms with van der Waals surface area (Å²) in [5, 5.41) is 0.736. The minimum absolute atomic E-state index is 0.0000413. The van der Waals surface area contributed by atoms with Crippen molar-refractivity contribution in [3.05, 3.63) is 53.6 Å². The van der Waals surface area contributed by atoms with Crippen molar-refractivity contribution in [2.45, 2.75) is 20.3 Å². The Morgan fingerprint density at radius 2 is 1.79 bits per heavy atom. The molecule has 0 radical (unpaired) electrons. The van der Waals surface area contributed by atoms with Gasteiger partial charge in [-0.2, -0.15) is 0 Å². The Bertz CT molecular complexity index is 899. The normalized spacial score (nSPS) is 11.2. The van der Waals surface area contributed by atoms with Gasteiger partial charge < -0.3 is 9.64 Å². The van der Waals surface area contributed by atoms with Crippen LogP contribution in [0.25, 0.3) is 10.2 Å². The Hall–Kier alpha value is -2.44. The SMILES string of the molecule is Cc1cc2nc(N(CCCN(C)C)C(=O)COc3ccccc3)sc2cc1C. The first-order chi connectivity index (χ1) is 13.4. The molecule has 0 spiro atoms. The molecule has 1 amide bonds. The summed E-state index contributed by atoms with van der Waals surface area (Å²) < 4.78 is 6.79. The molecular formula is C22H27N3O2S. The molecule has 1 aromatic heterocycles. The van der Waals surface area contributed by atoms with Gasteiger partial charge in [-0.25, -0.2) is 4.98 Å². The van der Waals surface area contributed by atoms with Gasteiger partial charge in [0, 0.05) is 6.54 Å². The van der Waals surface area contributed by atoms with Crippen LogP contribution < -0.4 is 9.64 Å². The van der Waals surface area contributed by atoms with Crippen molar-refractivity contribution in [1.82, 2.24) is 9.88 Å². The third-order valence-electron chi connectivity index (χ3n) is 4.62. The third-order valence-corrected chi connectivity index (χ3v) is 5.66. The summed E-state index contributed by atoms with van der Waals surface area (Å²) in [4.78, 5) is 21.6. The molecule has 3 rings (SSSR count). The molecule has 2 aromatic carbocycles. The number of carbonyl (C=O) groups excluding carboxylic acids is 1. The number of carbonyl (C=O) groups is 1. The van der Waals surface area contributed by atoms with Crippen molar-refractivity contribution in [3.63, 3.8) is 0 Å². The molecule has 3 aromatic rings. The van der Waals surface area contributed by atoms with Crippen molar-refractivity contribution in [1.29, 1.82) is 0 Å². The summed E-state index contributed by atoms with van der Waals surface area (Å²) in [7, 11) is 4.07. The van der Waals surface area contributed by atoms with E-state index in [4.69, 9.17) is 9.72 Å². The molecule has 1 heterocycles. The monoisotopic (exact) mass is 397 g/mol. The highest BCUT2D eigenvalue weighted by Gasteiger charge is 2.20. The van der Waals surface area contributed by atoms with Gasteiger partial charge in [-0.1, -0.05) is 29.5 Å². The Morgan fingerprint density at radius 3 is 2.50 bits per heavy atom. The van der Waals surface area contributed by atoms with Crippen LogP contribution in [-0.4, -0.2) is 49.6 Å². The van der Waals surface area contributed by atoms with Crippen LogP contribution in [0.15, 0.2) is 42.5 Å². The van der Waals surface area contributed by atoms with Crippen LogP contribution in [0.2, 0.25) is 0 Å². The van der Waals surface area contributed by atoms with E-state index in [2.05, 4.69) is 30.9 Å². The summed E-state index contributed by atoms with van der Waals surface area (Å²) in [6.45, 7) is 5.71. The average Bonchev–Trinajstić information content (AvgIpc) is 3.06. The van der Waals surface area contributed by atoms with Crippen molar-refractivity contribution < 1.29 is 9.53 Å². The second-order valence-corrected chi connectivity index (χ2v) is 8.21. The van der Waals surface area contributed by atoms with Gasteiger partial charge in [0.2, 0.25) is 0 Å². The van der Waals surface area contributed by atoms with Crippen LogP contribution in [0.1, 0.15) is 17.5 Å². The fourth-order valence-corrected chi connectivity index (χ4v) is 3.98. The van der Waals surface area contributed by atoms with Crippen LogP contribution in [0.4, 0.5) is 5.13 Å². The predicted molar refractivity (Wildman–Crippen MR) is 117 cm³/mol. The van der Waals surface area contributed by atoms with Gasteiger partial charge >= 0.3 is 0 Å². The molecular weight excluding hydrogens is 370 g/mol. The van der Waals surface area contributed by atoms with Gasteiger partial charge in [-0.3, -0.25) is 9.69 Å². The van der Waals surface area contributed by atoms with Crippen molar-refractivity contribution in [2.75, 3.05) is 38.7 Å². The molecule has 0 N–H and O–H groups in total. The zero-order valence-electron chi connectivity index (χ0n) is 16.9. The maximum Gasteiger partial charge on any atom is 0.266 e. The number of nitrogens with zero attached hydrogens (tertiary/aromatic N) is 3. The lowest BCUT2D eigenvalue weighted by Crippen LogP contribution is -2.36. The number of rotatable bonds is 8. The summed E-state index contributed by atoms with van der Waals surface area (Å²) in [5.41, 5.74) is 3.39. The summed E-state index contributed by atoms with van der Waals surface area (Å²) in [6, 6.07) is 13.7. The molecule has 0 saturated carbocycles. The maximum absolute atomic E-state index is 13.0. The largest absolute Gasteiger partial charge is 0.484 e. The number of benzene rings is 2. The van der Waals surface area contributed by atoms with Gasteiger partial charge in [0.05, 0.1) is 10.2 Å². The molecule has 0 saturated heterocycles. The van der Waals surface area contributed by atoms with E-state index in [9.17, 15) is 4.79 Å². The standard InChI is InChI=1S/C22H27N3O2S/c1-16-13-19-20(14-17(16)2)28-22(23-19)25(12-8-11-24(3)4)21(26)15-27-18-9-6-5-7-10-18/h5-7,9-10,13-14H,8,11-12,15H2,1-4H3. The first-order valence-electron chi connectivity index (χ1n) is 9.45. The Labute approximate surface area is 170 Å². The number of ether oxygens (including phenoxy) is 1. The van der Waals surface area contributed by atoms with Crippen molar-refractivity contribution in [3.8, 4) is 5.75 Å². The first-order valence-corrected chi connectivity index (χ1v) is 10.3. The molecule has 0 fully saturated rings. The van der Waals surface area contributed by atoms with Gasteiger partial charge in [0.15, 0.2) is 11.7 Å². The topological polar surface area (TPSA) is 45.7 Å². The first kappa shape index (κ1) is 20.3. The lowest BCUT2D eigenvalue weighted by Gasteiger charge is -2.21.